The van der Waals surface area contributed by atoms with Gasteiger partial charge >= 0.3 is 0 Å². The van der Waals surface area contributed by atoms with Gasteiger partial charge in [0, 0.05) is 0 Å². The van der Waals surface area contributed by atoms with E-state index in [1.165, 1.54) is 0 Å². The normalized spacial score (nSPS) is 14.4. The SMILES string of the molecule is NCCC(Cl)[SH](=O)=O. The summed E-state index contributed by atoms with van der Waals surface area (Å²) in [5.74, 6) is 0. The molecule has 0 rings (SSSR count). The number of hydrogen-bond acceptors (Lipinski definition) is 3. The first-order valence-corrected chi connectivity index (χ1v) is 3.84. The van der Waals surface area contributed by atoms with Gasteiger partial charge in [0.2, 0.25) is 0 Å². The van der Waals surface area contributed by atoms with Gasteiger partial charge in [0.25, 0.3) is 0 Å². The summed E-state index contributed by atoms with van der Waals surface area (Å²) in [7, 11) is -2.48. The number of halogens is 1. The van der Waals surface area contributed by atoms with Gasteiger partial charge in [0.1, 0.15) is 4.71 Å². The molecule has 0 amide bonds. The molecule has 0 aliphatic carbocycles. The molecule has 0 fully saturated rings. The van der Waals surface area contributed by atoms with Crippen LogP contribution < -0.4 is 5.73 Å². The molecule has 0 aromatic carbocycles. The summed E-state index contributed by atoms with van der Waals surface area (Å²) in [6.45, 7) is 0.317. The second-order valence-corrected chi connectivity index (χ2v) is 3.32. The Morgan fingerprint density at radius 3 is 2.25 bits per heavy atom. The number of rotatable bonds is 3. The summed E-state index contributed by atoms with van der Waals surface area (Å²) >= 11 is 5.24. The predicted octanol–water partition coefficient (Wildman–Crippen LogP) is -0.488. The van der Waals surface area contributed by atoms with Crippen LogP contribution in [0, 0.1) is 0 Å². The van der Waals surface area contributed by atoms with Crippen LogP contribution in [0.2, 0.25) is 0 Å². The molecule has 0 radical (unpaired) electrons. The van der Waals surface area contributed by atoms with E-state index in [0.717, 1.165) is 0 Å². The number of alkyl halides is 1. The van der Waals surface area contributed by atoms with Crippen LogP contribution in [0.4, 0.5) is 0 Å². The third-order valence-electron chi connectivity index (χ3n) is 0.634. The van der Waals surface area contributed by atoms with Crippen molar-refractivity contribution in [3.8, 4) is 0 Å². The zero-order valence-corrected chi connectivity index (χ0v) is 5.86. The Morgan fingerprint density at radius 1 is 1.62 bits per heavy atom. The summed E-state index contributed by atoms with van der Waals surface area (Å²) in [6, 6.07) is 0. The molecule has 1 atom stereocenters. The largest absolute Gasteiger partial charge is 0.330 e. The Kier molecular flexibility index (Phi) is 4.22. The monoisotopic (exact) mass is 157 g/mol. The minimum Gasteiger partial charge on any atom is -0.330 e. The molecule has 2 N–H and O–H groups in total. The molecule has 1 unspecified atom stereocenters. The topological polar surface area (TPSA) is 60.2 Å². The first kappa shape index (κ1) is 8.20. The van der Waals surface area contributed by atoms with E-state index in [2.05, 4.69) is 0 Å². The van der Waals surface area contributed by atoms with Gasteiger partial charge in [-0.2, -0.15) is 0 Å². The van der Waals surface area contributed by atoms with Gasteiger partial charge in [-0.25, -0.2) is 8.42 Å². The molecule has 0 aromatic heterocycles. The lowest BCUT2D eigenvalue weighted by molar-refractivity contribution is 0.608. The molecule has 8 heavy (non-hydrogen) atoms. The summed E-state index contributed by atoms with van der Waals surface area (Å²) < 4.78 is 19.1. The summed E-state index contributed by atoms with van der Waals surface area (Å²) in [6.07, 6.45) is 0.334. The summed E-state index contributed by atoms with van der Waals surface area (Å²) in [4.78, 5) is 0. The molecule has 0 saturated heterocycles. The lowest BCUT2D eigenvalue weighted by atomic mass is 10.5. The first-order chi connectivity index (χ1) is 3.68. The van der Waals surface area contributed by atoms with E-state index >= 15 is 0 Å². The second-order valence-electron chi connectivity index (χ2n) is 1.30. The Balaban J connectivity index is 3.48. The fourth-order valence-electron chi connectivity index (χ4n) is 0.243. The van der Waals surface area contributed by atoms with Gasteiger partial charge in [-0.05, 0) is 13.0 Å². The van der Waals surface area contributed by atoms with E-state index in [4.69, 9.17) is 17.3 Å². The highest BCUT2D eigenvalue weighted by Crippen LogP contribution is 1.99. The third kappa shape index (κ3) is 3.23. The van der Waals surface area contributed by atoms with Crippen LogP contribution in [-0.2, 0) is 10.7 Å². The summed E-state index contributed by atoms with van der Waals surface area (Å²) in [5.41, 5.74) is 5.02. The van der Waals surface area contributed by atoms with Crippen molar-refractivity contribution in [2.24, 2.45) is 5.73 Å². The molecular formula is C3H8ClNO2S. The average molecular weight is 158 g/mol. The zero-order chi connectivity index (χ0) is 6.57. The fraction of sp³-hybridized carbons (Fsp3) is 1.00. The fourth-order valence-corrected chi connectivity index (χ4v) is 0.729. The van der Waals surface area contributed by atoms with E-state index in [9.17, 15) is 8.42 Å². The van der Waals surface area contributed by atoms with Crippen LogP contribution in [0.3, 0.4) is 0 Å². The highest BCUT2D eigenvalue weighted by atomic mass is 35.5. The van der Waals surface area contributed by atoms with E-state index < -0.39 is 15.4 Å². The maximum absolute atomic E-state index is 9.94. The number of nitrogens with two attached hydrogens (primary N) is 1. The first-order valence-electron chi connectivity index (χ1n) is 2.16. The van der Waals surface area contributed by atoms with Gasteiger partial charge in [0.05, 0.1) is 0 Å². The molecule has 5 heteroatoms. The van der Waals surface area contributed by atoms with E-state index in [0.29, 0.717) is 13.0 Å². The van der Waals surface area contributed by atoms with Crippen molar-refractivity contribution in [3.05, 3.63) is 0 Å². The minimum absolute atomic E-state index is 0.317. The molecule has 0 spiro atoms. The Bertz CT molecular complexity index is 116. The van der Waals surface area contributed by atoms with Crippen LogP contribution >= 0.6 is 11.6 Å². The summed E-state index contributed by atoms with van der Waals surface area (Å²) in [5, 5.41) is 0. The van der Waals surface area contributed by atoms with Gasteiger partial charge < -0.3 is 5.73 Å². The molecule has 0 aliphatic heterocycles. The van der Waals surface area contributed by atoms with Crippen LogP contribution in [0.25, 0.3) is 0 Å². The lowest BCUT2D eigenvalue weighted by Crippen LogP contribution is -2.08. The van der Waals surface area contributed by atoms with Crippen LogP contribution in [0.1, 0.15) is 6.42 Å². The molecule has 0 heterocycles. The second kappa shape index (κ2) is 4.12. The zero-order valence-electron chi connectivity index (χ0n) is 4.21. The van der Waals surface area contributed by atoms with Gasteiger partial charge in [0.15, 0.2) is 10.7 Å². The standard InChI is InChI=1S/C3H8ClNO2S/c4-3(1-2-5)8(6)7/h3,8H,1-2,5H2. The average Bonchev–Trinajstić information content (AvgIpc) is 1.67. The molecule has 0 saturated carbocycles. The Morgan fingerprint density at radius 2 is 2.12 bits per heavy atom. The van der Waals surface area contributed by atoms with Crippen molar-refractivity contribution < 1.29 is 8.42 Å². The molecule has 50 valence electrons. The molecule has 0 aromatic rings. The van der Waals surface area contributed by atoms with E-state index in [-0.39, 0.29) is 0 Å². The van der Waals surface area contributed by atoms with Crippen molar-refractivity contribution in [1.29, 1.82) is 0 Å². The predicted molar refractivity (Wildman–Crippen MR) is 33.6 cm³/mol. The third-order valence-corrected chi connectivity index (χ3v) is 2.05. The maximum Gasteiger partial charge on any atom is 0.156 e. The van der Waals surface area contributed by atoms with Gasteiger partial charge in [-0.15, -0.1) is 11.6 Å². The van der Waals surface area contributed by atoms with Crippen molar-refractivity contribution in [1.82, 2.24) is 0 Å². The van der Waals surface area contributed by atoms with Crippen molar-refractivity contribution in [2.75, 3.05) is 6.54 Å². The molecule has 3 nitrogen and oxygen atoms in total. The quantitative estimate of drug-likeness (QED) is 0.430. The van der Waals surface area contributed by atoms with Crippen LogP contribution in [0.5, 0.6) is 0 Å². The van der Waals surface area contributed by atoms with Crippen molar-refractivity contribution >= 4 is 22.3 Å². The maximum atomic E-state index is 9.94. The lowest BCUT2D eigenvalue weighted by Gasteiger charge is -1.94. The van der Waals surface area contributed by atoms with E-state index in [1.54, 1.807) is 0 Å². The Hall–Kier alpha value is 0.200. The molecule has 0 bridgehead atoms. The minimum atomic E-state index is -2.48. The van der Waals surface area contributed by atoms with Gasteiger partial charge in [-0.1, -0.05) is 0 Å². The van der Waals surface area contributed by atoms with Crippen molar-refractivity contribution in [2.45, 2.75) is 11.1 Å². The van der Waals surface area contributed by atoms with Crippen LogP contribution in [0.15, 0.2) is 0 Å². The van der Waals surface area contributed by atoms with Gasteiger partial charge in [-0.3, -0.25) is 0 Å². The number of thiol groups is 1. The molecular weight excluding hydrogens is 150 g/mol. The highest BCUT2D eigenvalue weighted by Gasteiger charge is 2.02. The number of hydrogen-bond donors (Lipinski definition) is 2. The Labute approximate surface area is 54.8 Å². The highest BCUT2D eigenvalue weighted by molar-refractivity contribution is 7.74. The van der Waals surface area contributed by atoms with Crippen LogP contribution in [-0.4, -0.2) is 19.7 Å². The van der Waals surface area contributed by atoms with E-state index in [1.807, 2.05) is 0 Å². The smallest absolute Gasteiger partial charge is 0.156 e. The van der Waals surface area contributed by atoms with Crippen molar-refractivity contribution in [3.63, 3.8) is 0 Å². The molecule has 0 aliphatic rings.